The summed E-state index contributed by atoms with van der Waals surface area (Å²) in [6.07, 6.45) is 1.32. The van der Waals surface area contributed by atoms with Crippen LogP contribution in [0.25, 0.3) is 6.08 Å². The zero-order chi connectivity index (χ0) is 29.6. The van der Waals surface area contributed by atoms with Gasteiger partial charge in [0.2, 0.25) is 0 Å². The van der Waals surface area contributed by atoms with Crippen molar-refractivity contribution in [2.24, 2.45) is 0 Å². The number of ether oxygens (including phenoxy) is 2. The number of anilines is 1. The number of nitrogens with one attached hydrogen (secondary N) is 1. The van der Waals surface area contributed by atoms with Crippen LogP contribution >= 0.6 is 11.6 Å². The molecule has 210 valence electrons. The molecule has 1 saturated heterocycles. The van der Waals surface area contributed by atoms with Crippen LogP contribution in [0, 0.1) is 10.1 Å². The lowest BCUT2D eigenvalue weighted by atomic mass is 10.1. The van der Waals surface area contributed by atoms with Crippen molar-refractivity contribution in [3.8, 4) is 11.5 Å². The Morgan fingerprint density at radius 2 is 1.55 bits per heavy atom. The molecule has 11 heteroatoms. The zero-order valence-corrected chi connectivity index (χ0v) is 22.6. The normalized spacial score (nSPS) is 14.1. The second kappa shape index (κ2) is 12.4. The van der Waals surface area contributed by atoms with Crippen LogP contribution in [0.4, 0.5) is 16.2 Å². The number of hydrogen-bond acceptors (Lipinski definition) is 7. The van der Waals surface area contributed by atoms with Crippen LogP contribution in [0.3, 0.4) is 0 Å². The molecule has 1 aliphatic rings. The SMILES string of the molecule is O=C1NC(=O)N(c2ccc(OCc3ccccc3)cc2)C(=O)/C1=C/c1ccc(OCc2cccc([N+](=O)[O-])c2)c(Cl)c1. The minimum absolute atomic E-state index is 0.0376. The molecule has 0 aliphatic carbocycles. The van der Waals surface area contributed by atoms with Gasteiger partial charge in [0.05, 0.1) is 15.6 Å². The first-order valence-electron chi connectivity index (χ1n) is 12.6. The van der Waals surface area contributed by atoms with Crippen molar-refractivity contribution in [3.63, 3.8) is 0 Å². The number of barbiturate groups is 1. The molecule has 0 atom stereocenters. The Kier molecular flexibility index (Phi) is 8.26. The van der Waals surface area contributed by atoms with Crippen LogP contribution in [0.15, 0.2) is 103 Å². The summed E-state index contributed by atoms with van der Waals surface area (Å²) in [5.74, 6) is -0.798. The van der Waals surface area contributed by atoms with E-state index >= 15 is 0 Å². The van der Waals surface area contributed by atoms with Crippen LogP contribution in [0.5, 0.6) is 11.5 Å². The van der Waals surface area contributed by atoms with E-state index in [1.165, 1.54) is 24.3 Å². The van der Waals surface area contributed by atoms with Crippen LogP contribution in [0.2, 0.25) is 5.02 Å². The van der Waals surface area contributed by atoms with E-state index < -0.39 is 22.8 Å². The molecule has 10 nitrogen and oxygen atoms in total. The third-order valence-corrected chi connectivity index (χ3v) is 6.52. The van der Waals surface area contributed by atoms with Gasteiger partial charge >= 0.3 is 6.03 Å². The number of hydrogen-bond donors (Lipinski definition) is 1. The number of rotatable bonds is 9. The van der Waals surface area contributed by atoms with E-state index in [2.05, 4.69) is 5.32 Å². The number of carbonyl (C=O) groups is 3. The van der Waals surface area contributed by atoms with Crippen molar-refractivity contribution in [2.45, 2.75) is 13.2 Å². The molecule has 4 amide bonds. The highest BCUT2D eigenvalue weighted by Gasteiger charge is 2.36. The number of halogens is 1. The number of nitro groups is 1. The molecule has 0 saturated carbocycles. The lowest BCUT2D eigenvalue weighted by Crippen LogP contribution is -2.54. The summed E-state index contributed by atoms with van der Waals surface area (Å²) in [6, 6.07) is 25.8. The van der Waals surface area contributed by atoms with E-state index in [4.69, 9.17) is 21.1 Å². The Bertz CT molecular complexity index is 1710. The van der Waals surface area contributed by atoms with Gasteiger partial charge in [-0.25, -0.2) is 9.69 Å². The Morgan fingerprint density at radius 3 is 2.26 bits per heavy atom. The van der Waals surface area contributed by atoms with Gasteiger partial charge in [-0.15, -0.1) is 0 Å². The molecule has 0 spiro atoms. The van der Waals surface area contributed by atoms with Crippen LogP contribution in [0.1, 0.15) is 16.7 Å². The average molecular weight is 584 g/mol. The van der Waals surface area contributed by atoms with E-state index in [-0.39, 0.29) is 28.6 Å². The molecule has 0 unspecified atom stereocenters. The van der Waals surface area contributed by atoms with Gasteiger partial charge in [0.25, 0.3) is 17.5 Å². The van der Waals surface area contributed by atoms with Crippen molar-refractivity contribution in [2.75, 3.05) is 4.90 Å². The molecule has 5 rings (SSSR count). The smallest absolute Gasteiger partial charge is 0.335 e. The first-order valence-corrected chi connectivity index (χ1v) is 13.0. The number of urea groups is 1. The van der Waals surface area contributed by atoms with Gasteiger partial charge in [0.1, 0.15) is 30.3 Å². The van der Waals surface area contributed by atoms with E-state index in [0.29, 0.717) is 29.2 Å². The van der Waals surface area contributed by atoms with Crippen molar-refractivity contribution in [3.05, 3.63) is 134 Å². The van der Waals surface area contributed by atoms with E-state index in [1.54, 1.807) is 48.5 Å². The van der Waals surface area contributed by atoms with Gasteiger partial charge in [-0.3, -0.25) is 25.0 Å². The van der Waals surface area contributed by atoms with Gasteiger partial charge in [0.15, 0.2) is 0 Å². The lowest BCUT2D eigenvalue weighted by molar-refractivity contribution is -0.384. The Morgan fingerprint density at radius 1 is 0.833 bits per heavy atom. The van der Waals surface area contributed by atoms with Crippen molar-refractivity contribution >= 4 is 46.9 Å². The topological polar surface area (TPSA) is 128 Å². The minimum Gasteiger partial charge on any atom is -0.489 e. The van der Waals surface area contributed by atoms with E-state index in [9.17, 15) is 24.5 Å². The summed E-state index contributed by atoms with van der Waals surface area (Å²) < 4.78 is 11.5. The zero-order valence-electron chi connectivity index (χ0n) is 21.9. The van der Waals surface area contributed by atoms with Crippen molar-refractivity contribution < 1.29 is 28.8 Å². The maximum atomic E-state index is 13.3. The molecule has 1 heterocycles. The Balaban J connectivity index is 1.29. The molecule has 0 radical (unpaired) electrons. The van der Waals surface area contributed by atoms with Gasteiger partial charge in [-0.05, 0) is 59.2 Å². The second-order valence-electron chi connectivity index (χ2n) is 9.13. The number of nitro benzene ring substituents is 1. The highest BCUT2D eigenvalue weighted by atomic mass is 35.5. The van der Waals surface area contributed by atoms with E-state index in [0.717, 1.165) is 10.5 Å². The number of carbonyl (C=O) groups excluding carboxylic acids is 3. The fourth-order valence-corrected chi connectivity index (χ4v) is 4.38. The van der Waals surface area contributed by atoms with Crippen LogP contribution in [-0.4, -0.2) is 22.8 Å². The first-order chi connectivity index (χ1) is 20.3. The highest BCUT2D eigenvalue weighted by Crippen LogP contribution is 2.29. The predicted molar refractivity (Wildman–Crippen MR) is 155 cm³/mol. The van der Waals surface area contributed by atoms with Gasteiger partial charge < -0.3 is 9.47 Å². The largest absolute Gasteiger partial charge is 0.489 e. The Hall–Kier alpha value is -5.48. The van der Waals surface area contributed by atoms with Crippen LogP contribution in [-0.2, 0) is 22.8 Å². The Labute approximate surface area is 244 Å². The fourth-order valence-electron chi connectivity index (χ4n) is 4.14. The molecule has 1 aliphatic heterocycles. The molecular formula is C31H22ClN3O7. The summed E-state index contributed by atoms with van der Waals surface area (Å²) >= 11 is 6.37. The minimum atomic E-state index is -0.872. The summed E-state index contributed by atoms with van der Waals surface area (Å²) in [4.78, 5) is 49.8. The van der Waals surface area contributed by atoms with Gasteiger partial charge in [-0.1, -0.05) is 60.1 Å². The molecule has 0 aromatic heterocycles. The molecule has 1 fully saturated rings. The molecule has 0 bridgehead atoms. The van der Waals surface area contributed by atoms with Crippen molar-refractivity contribution in [1.29, 1.82) is 0 Å². The number of benzene rings is 4. The number of non-ortho nitro benzene ring substituents is 1. The van der Waals surface area contributed by atoms with E-state index in [1.807, 2.05) is 30.3 Å². The average Bonchev–Trinajstić information content (AvgIpc) is 2.99. The first kappa shape index (κ1) is 28.1. The second-order valence-corrected chi connectivity index (χ2v) is 9.54. The summed E-state index contributed by atoms with van der Waals surface area (Å²) in [6.45, 7) is 0.391. The predicted octanol–water partition coefficient (Wildman–Crippen LogP) is 6.07. The third kappa shape index (κ3) is 6.45. The fraction of sp³-hybridized carbons (Fsp3) is 0.0645. The molecule has 4 aromatic carbocycles. The number of imide groups is 2. The monoisotopic (exact) mass is 583 g/mol. The third-order valence-electron chi connectivity index (χ3n) is 6.23. The maximum absolute atomic E-state index is 13.3. The van der Waals surface area contributed by atoms with Crippen molar-refractivity contribution in [1.82, 2.24) is 5.32 Å². The highest BCUT2D eigenvalue weighted by molar-refractivity contribution is 6.39. The number of nitrogens with zero attached hydrogens (tertiary/aromatic N) is 2. The lowest BCUT2D eigenvalue weighted by Gasteiger charge is -2.26. The summed E-state index contributed by atoms with van der Waals surface area (Å²) in [5.41, 5.74) is 1.92. The molecule has 1 N–H and O–H groups in total. The summed E-state index contributed by atoms with van der Waals surface area (Å²) in [7, 11) is 0. The molecular weight excluding hydrogens is 562 g/mol. The summed E-state index contributed by atoms with van der Waals surface area (Å²) in [5, 5.41) is 13.4. The standard InChI is InChI=1S/C31H22ClN3O7/c32-27-17-21(9-14-28(27)42-19-22-7-4-8-24(15-22)35(39)40)16-26-29(36)33-31(38)34(30(26)37)23-10-12-25(13-11-23)41-18-20-5-2-1-3-6-20/h1-17H,18-19H2,(H,33,36,38)/b26-16+. The van der Waals surface area contributed by atoms with Gasteiger partial charge in [-0.2, -0.15) is 0 Å². The quantitative estimate of drug-likeness (QED) is 0.110. The molecule has 42 heavy (non-hydrogen) atoms. The molecule has 4 aromatic rings. The van der Waals surface area contributed by atoms with Crippen LogP contribution < -0.4 is 19.7 Å². The van der Waals surface area contributed by atoms with Gasteiger partial charge in [0, 0.05) is 12.1 Å². The maximum Gasteiger partial charge on any atom is 0.335 e. The number of amides is 4.